The van der Waals surface area contributed by atoms with E-state index in [1.807, 2.05) is 6.92 Å². The van der Waals surface area contributed by atoms with Crippen LogP contribution >= 0.6 is 0 Å². The van der Waals surface area contributed by atoms with Crippen molar-refractivity contribution in [1.82, 2.24) is 5.32 Å². The number of ether oxygens (including phenoxy) is 1. The fraction of sp³-hybridized carbons (Fsp3) is 0.250. The number of para-hydroxylation sites is 1. The molecule has 140 valence electrons. The number of benzene rings is 2. The number of hydrogen-bond donors (Lipinski definition) is 3. The van der Waals surface area contributed by atoms with E-state index in [2.05, 4.69) is 10.6 Å². The van der Waals surface area contributed by atoms with Crippen LogP contribution in [0.1, 0.15) is 39.1 Å². The minimum Gasteiger partial charge on any atom is -0.483 e. The third kappa shape index (κ3) is 4.84. The van der Waals surface area contributed by atoms with E-state index < -0.39 is 11.8 Å². The Kier molecular flexibility index (Phi) is 5.40. The molecule has 1 aliphatic rings. The molecule has 1 aliphatic carbocycles. The second-order valence-corrected chi connectivity index (χ2v) is 6.48. The van der Waals surface area contributed by atoms with Gasteiger partial charge in [-0.2, -0.15) is 0 Å². The molecule has 27 heavy (non-hydrogen) atoms. The smallest absolute Gasteiger partial charge is 0.259 e. The van der Waals surface area contributed by atoms with Crippen LogP contribution in [-0.4, -0.2) is 30.4 Å². The fourth-order valence-electron chi connectivity index (χ4n) is 2.51. The Bertz CT molecular complexity index is 891. The molecule has 2 aromatic carbocycles. The van der Waals surface area contributed by atoms with Gasteiger partial charge in [-0.05, 0) is 49.6 Å². The molecule has 0 bridgehead atoms. The number of aryl methyl sites for hydroxylation is 1. The normalized spacial score (nSPS) is 12.9. The number of rotatable bonds is 7. The van der Waals surface area contributed by atoms with Gasteiger partial charge in [-0.25, -0.2) is 0 Å². The lowest BCUT2D eigenvalue weighted by Crippen LogP contribution is -2.25. The Morgan fingerprint density at radius 3 is 2.56 bits per heavy atom. The highest BCUT2D eigenvalue weighted by Crippen LogP contribution is 2.23. The molecule has 3 amide bonds. The zero-order valence-electron chi connectivity index (χ0n) is 15.0. The number of anilines is 1. The van der Waals surface area contributed by atoms with Gasteiger partial charge < -0.3 is 21.1 Å². The highest BCUT2D eigenvalue weighted by molar-refractivity contribution is 6.07. The third-order valence-electron chi connectivity index (χ3n) is 4.16. The first-order valence-corrected chi connectivity index (χ1v) is 8.67. The lowest BCUT2D eigenvalue weighted by atomic mass is 10.1. The fourth-order valence-corrected chi connectivity index (χ4v) is 2.51. The van der Waals surface area contributed by atoms with Gasteiger partial charge in [0.05, 0.1) is 5.56 Å². The van der Waals surface area contributed by atoms with Crippen molar-refractivity contribution in [2.24, 2.45) is 5.73 Å². The van der Waals surface area contributed by atoms with Gasteiger partial charge in [0, 0.05) is 17.3 Å². The van der Waals surface area contributed by atoms with E-state index in [1.54, 1.807) is 42.5 Å². The van der Waals surface area contributed by atoms with E-state index in [-0.39, 0.29) is 29.9 Å². The number of nitrogens with two attached hydrogens (primary N) is 1. The summed E-state index contributed by atoms with van der Waals surface area (Å²) in [6.07, 6.45) is 2.01. The Morgan fingerprint density at radius 2 is 1.85 bits per heavy atom. The van der Waals surface area contributed by atoms with Crippen LogP contribution in [0.15, 0.2) is 42.5 Å². The number of carbonyl (C=O) groups excluding carboxylic acids is 3. The van der Waals surface area contributed by atoms with Crippen LogP contribution in [0.4, 0.5) is 5.69 Å². The summed E-state index contributed by atoms with van der Waals surface area (Å²) in [5.41, 5.74) is 7.20. The molecule has 0 spiro atoms. The van der Waals surface area contributed by atoms with Gasteiger partial charge >= 0.3 is 0 Å². The molecular formula is C20H21N3O4. The predicted molar refractivity (Wildman–Crippen MR) is 101 cm³/mol. The molecule has 0 radical (unpaired) electrons. The Balaban J connectivity index is 1.77. The first kappa shape index (κ1) is 18.4. The average Bonchev–Trinajstić information content (AvgIpc) is 3.45. The van der Waals surface area contributed by atoms with Gasteiger partial charge in [0.2, 0.25) is 0 Å². The SMILES string of the molecule is Cc1ccc(C(=O)NC2CC2)cc1NC(=O)c1ccccc1OCC(N)=O. The van der Waals surface area contributed by atoms with Crippen molar-refractivity contribution in [2.45, 2.75) is 25.8 Å². The van der Waals surface area contributed by atoms with Crippen LogP contribution in [0.25, 0.3) is 0 Å². The number of amides is 3. The minimum atomic E-state index is -0.629. The molecule has 1 saturated carbocycles. The standard InChI is InChI=1S/C20H21N3O4/c1-12-6-7-13(19(25)22-14-8-9-14)10-16(12)23-20(26)15-4-2-3-5-17(15)27-11-18(21)24/h2-7,10,14H,8-9,11H2,1H3,(H2,21,24)(H,22,25)(H,23,26). The molecular weight excluding hydrogens is 346 g/mol. The van der Waals surface area contributed by atoms with Crippen LogP contribution in [0.5, 0.6) is 5.75 Å². The van der Waals surface area contributed by atoms with Crippen molar-refractivity contribution >= 4 is 23.4 Å². The number of hydrogen-bond acceptors (Lipinski definition) is 4. The molecule has 0 aromatic heterocycles. The molecule has 2 aromatic rings. The van der Waals surface area contributed by atoms with Crippen LogP contribution < -0.4 is 21.1 Å². The molecule has 7 nitrogen and oxygen atoms in total. The maximum Gasteiger partial charge on any atom is 0.259 e. The van der Waals surface area contributed by atoms with Gasteiger partial charge in [-0.15, -0.1) is 0 Å². The molecule has 1 fully saturated rings. The van der Waals surface area contributed by atoms with Crippen LogP contribution in [0.2, 0.25) is 0 Å². The lowest BCUT2D eigenvalue weighted by molar-refractivity contribution is -0.119. The molecule has 0 heterocycles. The van der Waals surface area contributed by atoms with Crippen molar-refractivity contribution in [3.05, 3.63) is 59.2 Å². The zero-order chi connectivity index (χ0) is 19.4. The van der Waals surface area contributed by atoms with Gasteiger partial charge in [0.1, 0.15) is 5.75 Å². The van der Waals surface area contributed by atoms with Gasteiger partial charge in [0.15, 0.2) is 6.61 Å². The summed E-state index contributed by atoms with van der Waals surface area (Å²) in [4.78, 5) is 35.9. The summed E-state index contributed by atoms with van der Waals surface area (Å²) in [6.45, 7) is 1.52. The van der Waals surface area contributed by atoms with E-state index >= 15 is 0 Å². The predicted octanol–water partition coefficient (Wildman–Crippen LogP) is 2.00. The minimum absolute atomic E-state index is 0.154. The van der Waals surface area contributed by atoms with Crippen molar-refractivity contribution < 1.29 is 19.1 Å². The number of primary amides is 1. The largest absolute Gasteiger partial charge is 0.483 e. The monoisotopic (exact) mass is 367 g/mol. The van der Waals surface area contributed by atoms with Crippen LogP contribution in [-0.2, 0) is 4.79 Å². The first-order chi connectivity index (χ1) is 12.9. The maximum atomic E-state index is 12.7. The number of nitrogens with one attached hydrogen (secondary N) is 2. The topological polar surface area (TPSA) is 111 Å². The van der Waals surface area contributed by atoms with E-state index in [4.69, 9.17) is 10.5 Å². The Morgan fingerprint density at radius 1 is 1.11 bits per heavy atom. The Labute approximate surface area is 156 Å². The second kappa shape index (κ2) is 7.90. The molecule has 0 aliphatic heterocycles. The first-order valence-electron chi connectivity index (χ1n) is 8.67. The van der Waals surface area contributed by atoms with E-state index in [0.29, 0.717) is 11.3 Å². The lowest BCUT2D eigenvalue weighted by Gasteiger charge is -2.13. The molecule has 7 heteroatoms. The molecule has 0 unspecified atom stereocenters. The summed E-state index contributed by atoms with van der Waals surface area (Å²) in [6, 6.07) is 12.0. The molecule has 3 rings (SSSR count). The van der Waals surface area contributed by atoms with Crippen molar-refractivity contribution in [3.63, 3.8) is 0 Å². The second-order valence-electron chi connectivity index (χ2n) is 6.48. The van der Waals surface area contributed by atoms with Gasteiger partial charge in [0.25, 0.3) is 17.7 Å². The van der Waals surface area contributed by atoms with Crippen molar-refractivity contribution in [3.8, 4) is 5.75 Å². The van der Waals surface area contributed by atoms with Crippen molar-refractivity contribution in [2.75, 3.05) is 11.9 Å². The summed E-state index contributed by atoms with van der Waals surface area (Å²) in [5.74, 6) is -0.930. The highest BCUT2D eigenvalue weighted by Gasteiger charge is 2.24. The van der Waals surface area contributed by atoms with Crippen LogP contribution in [0, 0.1) is 6.92 Å². The molecule has 0 atom stereocenters. The number of carbonyl (C=O) groups is 3. The molecule has 4 N–H and O–H groups in total. The summed E-state index contributed by atoms with van der Waals surface area (Å²) >= 11 is 0. The zero-order valence-corrected chi connectivity index (χ0v) is 15.0. The van der Waals surface area contributed by atoms with Crippen LogP contribution in [0.3, 0.4) is 0 Å². The quantitative estimate of drug-likeness (QED) is 0.695. The van der Waals surface area contributed by atoms with E-state index in [9.17, 15) is 14.4 Å². The average molecular weight is 367 g/mol. The maximum absolute atomic E-state index is 12.7. The van der Waals surface area contributed by atoms with E-state index in [1.165, 1.54) is 0 Å². The highest BCUT2D eigenvalue weighted by atomic mass is 16.5. The van der Waals surface area contributed by atoms with E-state index in [0.717, 1.165) is 18.4 Å². The van der Waals surface area contributed by atoms with Gasteiger partial charge in [-0.3, -0.25) is 14.4 Å². The summed E-state index contributed by atoms with van der Waals surface area (Å²) < 4.78 is 5.30. The van der Waals surface area contributed by atoms with Crippen molar-refractivity contribution in [1.29, 1.82) is 0 Å². The summed E-state index contributed by atoms with van der Waals surface area (Å²) in [5, 5.41) is 5.73. The third-order valence-corrected chi connectivity index (χ3v) is 4.16. The molecule has 0 saturated heterocycles. The Hall–Kier alpha value is -3.35. The summed E-state index contributed by atoms with van der Waals surface area (Å²) in [7, 11) is 0. The van der Waals surface area contributed by atoms with Gasteiger partial charge in [-0.1, -0.05) is 18.2 Å².